The number of nitrogens with zero attached hydrogens (tertiary/aromatic N) is 2. The second kappa shape index (κ2) is 8.47. The highest BCUT2D eigenvalue weighted by Gasteiger charge is 2.32. The van der Waals surface area contributed by atoms with Gasteiger partial charge in [0.1, 0.15) is 0 Å². The Morgan fingerprint density at radius 1 is 1.17 bits per heavy atom. The Bertz CT molecular complexity index is 257. The maximum Gasteiger partial charge on any atom is 0.0672 e. The molecule has 104 valence electrons. The van der Waals surface area contributed by atoms with Crippen LogP contribution in [0.3, 0.4) is 0 Å². The van der Waals surface area contributed by atoms with Gasteiger partial charge in [-0.3, -0.25) is 4.90 Å². The van der Waals surface area contributed by atoms with E-state index in [1.807, 2.05) is 0 Å². The van der Waals surface area contributed by atoms with Crippen LogP contribution in [0.5, 0.6) is 0 Å². The molecule has 0 aliphatic heterocycles. The van der Waals surface area contributed by atoms with Gasteiger partial charge < -0.3 is 9.47 Å². The highest BCUT2D eigenvalue weighted by atomic mass is 16.5. The molecule has 1 fully saturated rings. The van der Waals surface area contributed by atoms with Crippen molar-refractivity contribution in [2.75, 3.05) is 40.5 Å². The van der Waals surface area contributed by atoms with Crippen molar-refractivity contribution in [1.82, 2.24) is 4.90 Å². The average Bonchev–Trinajstić information content (AvgIpc) is 2.39. The number of methoxy groups -OCH3 is 2. The van der Waals surface area contributed by atoms with Crippen LogP contribution in [0.15, 0.2) is 0 Å². The van der Waals surface area contributed by atoms with Gasteiger partial charge in [-0.05, 0) is 25.2 Å². The normalized spacial score (nSPS) is 28.3. The second-order valence-corrected chi connectivity index (χ2v) is 5.24. The van der Waals surface area contributed by atoms with Crippen molar-refractivity contribution in [3.8, 4) is 6.07 Å². The van der Waals surface area contributed by atoms with Crippen molar-refractivity contribution in [2.45, 2.75) is 32.2 Å². The number of hydrogen-bond donors (Lipinski definition) is 0. The molecule has 18 heavy (non-hydrogen) atoms. The molecule has 1 rings (SSSR count). The molecule has 0 heterocycles. The molecule has 4 heteroatoms. The number of rotatable bonds is 7. The first-order valence-corrected chi connectivity index (χ1v) is 6.84. The SMILES string of the molecule is COCCN(CCOC)C1CC(C)CCC1C#N. The Kier molecular flexibility index (Phi) is 7.26. The van der Waals surface area contributed by atoms with Crippen LogP contribution in [0.25, 0.3) is 0 Å². The molecule has 1 aliphatic rings. The van der Waals surface area contributed by atoms with Crippen molar-refractivity contribution < 1.29 is 9.47 Å². The van der Waals surface area contributed by atoms with Crippen molar-refractivity contribution in [3.05, 3.63) is 0 Å². The zero-order valence-corrected chi connectivity index (χ0v) is 11.9. The summed E-state index contributed by atoms with van der Waals surface area (Å²) < 4.78 is 10.3. The number of nitriles is 1. The van der Waals surface area contributed by atoms with E-state index >= 15 is 0 Å². The van der Waals surface area contributed by atoms with Crippen LogP contribution in [0.2, 0.25) is 0 Å². The Morgan fingerprint density at radius 3 is 2.28 bits per heavy atom. The van der Waals surface area contributed by atoms with Crippen LogP contribution in [0.1, 0.15) is 26.2 Å². The summed E-state index contributed by atoms with van der Waals surface area (Å²) in [7, 11) is 3.44. The molecular weight excluding hydrogens is 228 g/mol. The zero-order valence-electron chi connectivity index (χ0n) is 11.9. The molecule has 0 spiro atoms. The Morgan fingerprint density at radius 2 is 1.78 bits per heavy atom. The zero-order chi connectivity index (χ0) is 13.4. The lowest BCUT2D eigenvalue weighted by molar-refractivity contribution is 0.0508. The van der Waals surface area contributed by atoms with Gasteiger partial charge in [-0.2, -0.15) is 5.26 Å². The molecule has 0 bridgehead atoms. The average molecular weight is 254 g/mol. The van der Waals surface area contributed by atoms with E-state index in [2.05, 4.69) is 17.9 Å². The van der Waals surface area contributed by atoms with E-state index in [4.69, 9.17) is 9.47 Å². The smallest absolute Gasteiger partial charge is 0.0672 e. The first-order chi connectivity index (χ1) is 8.72. The summed E-state index contributed by atoms with van der Waals surface area (Å²) in [5.41, 5.74) is 0. The van der Waals surface area contributed by atoms with Gasteiger partial charge in [0.2, 0.25) is 0 Å². The molecule has 0 N–H and O–H groups in total. The molecule has 3 unspecified atom stereocenters. The topological polar surface area (TPSA) is 45.5 Å². The molecule has 0 saturated heterocycles. The fourth-order valence-electron chi connectivity index (χ4n) is 2.77. The lowest BCUT2D eigenvalue weighted by Crippen LogP contribution is -2.46. The minimum atomic E-state index is 0.162. The highest BCUT2D eigenvalue weighted by Crippen LogP contribution is 2.31. The Labute approximate surface area is 111 Å². The third kappa shape index (κ3) is 4.56. The predicted molar refractivity (Wildman–Crippen MR) is 71.2 cm³/mol. The third-order valence-corrected chi connectivity index (χ3v) is 3.88. The summed E-state index contributed by atoms with van der Waals surface area (Å²) in [4.78, 5) is 2.37. The minimum absolute atomic E-state index is 0.162. The molecular formula is C14H26N2O2. The van der Waals surface area contributed by atoms with Gasteiger partial charge >= 0.3 is 0 Å². The van der Waals surface area contributed by atoms with E-state index < -0.39 is 0 Å². The van der Waals surface area contributed by atoms with E-state index in [0.29, 0.717) is 25.2 Å². The maximum atomic E-state index is 9.31. The van der Waals surface area contributed by atoms with Crippen molar-refractivity contribution in [1.29, 1.82) is 5.26 Å². The van der Waals surface area contributed by atoms with E-state index in [1.165, 1.54) is 6.42 Å². The fourth-order valence-corrected chi connectivity index (χ4v) is 2.77. The van der Waals surface area contributed by atoms with Crippen LogP contribution in [-0.2, 0) is 9.47 Å². The number of hydrogen-bond acceptors (Lipinski definition) is 4. The predicted octanol–water partition coefficient (Wildman–Crippen LogP) is 1.91. The van der Waals surface area contributed by atoms with Gasteiger partial charge in [-0.1, -0.05) is 6.92 Å². The fraction of sp³-hybridized carbons (Fsp3) is 0.929. The van der Waals surface area contributed by atoms with Crippen LogP contribution < -0.4 is 0 Å². The standard InChI is InChI=1S/C14H26N2O2/c1-12-4-5-13(11-15)14(10-12)16(6-8-17-2)7-9-18-3/h12-14H,4-10H2,1-3H3. The van der Waals surface area contributed by atoms with E-state index in [9.17, 15) is 5.26 Å². The van der Waals surface area contributed by atoms with Crippen molar-refractivity contribution in [3.63, 3.8) is 0 Å². The van der Waals surface area contributed by atoms with E-state index in [-0.39, 0.29) is 5.92 Å². The molecule has 1 saturated carbocycles. The van der Waals surface area contributed by atoms with Crippen molar-refractivity contribution in [2.24, 2.45) is 11.8 Å². The molecule has 1 aliphatic carbocycles. The highest BCUT2D eigenvalue weighted by molar-refractivity contribution is 4.97. The molecule has 0 amide bonds. The van der Waals surface area contributed by atoms with Crippen molar-refractivity contribution >= 4 is 0 Å². The van der Waals surface area contributed by atoms with E-state index in [0.717, 1.165) is 25.9 Å². The summed E-state index contributed by atoms with van der Waals surface area (Å²) in [6.45, 7) is 5.48. The second-order valence-electron chi connectivity index (χ2n) is 5.24. The summed E-state index contributed by atoms with van der Waals surface area (Å²) in [6, 6.07) is 2.85. The molecule has 4 nitrogen and oxygen atoms in total. The molecule has 0 aromatic rings. The number of ether oxygens (including phenoxy) is 2. The Balaban J connectivity index is 2.63. The minimum Gasteiger partial charge on any atom is -0.383 e. The lowest BCUT2D eigenvalue weighted by Gasteiger charge is -2.39. The summed E-state index contributed by atoms with van der Waals surface area (Å²) in [5.74, 6) is 0.877. The van der Waals surface area contributed by atoms with Gasteiger partial charge in [-0.15, -0.1) is 0 Å². The maximum absolute atomic E-state index is 9.31. The van der Waals surface area contributed by atoms with Gasteiger partial charge in [-0.25, -0.2) is 0 Å². The summed E-state index contributed by atoms with van der Waals surface area (Å²) in [6.07, 6.45) is 3.32. The first-order valence-electron chi connectivity index (χ1n) is 6.84. The Hall–Kier alpha value is -0.630. The van der Waals surface area contributed by atoms with Crippen LogP contribution in [0.4, 0.5) is 0 Å². The van der Waals surface area contributed by atoms with Gasteiger partial charge in [0.25, 0.3) is 0 Å². The van der Waals surface area contributed by atoms with Gasteiger partial charge in [0.15, 0.2) is 0 Å². The monoisotopic (exact) mass is 254 g/mol. The first kappa shape index (κ1) is 15.4. The van der Waals surface area contributed by atoms with E-state index in [1.54, 1.807) is 14.2 Å². The van der Waals surface area contributed by atoms with Crippen LogP contribution in [0, 0.1) is 23.2 Å². The molecule has 0 aromatic carbocycles. The van der Waals surface area contributed by atoms with Gasteiger partial charge in [0.05, 0.1) is 25.2 Å². The quantitative estimate of drug-likeness (QED) is 0.696. The largest absolute Gasteiger partial charge is 0.383 e. The van der Waals surface area contributed by atoms with Crippen LogP contribution in [-0.4, -0.2) is 51.5 Å². The summed E-state index contributed by atoms with van der Waals surface area (Å²) in [5, 5.41) is 9.31. The molecule has 3 atom stereocenters. The summed E-state index contributed by atoms with van der Waals surface area (Å²) >= 11 is 0. The lowest BCUT2D eigenvalue weighted by atomic mass is 9.79. The third-order valence-electron chi connectivity index (χ3n) is 3.88. The van der Waals surface area contributed by atoms with Gasteiger partial charge in [0, 0.05) is 33.4 Å². The molecule has 0 radical (unpaired) electrons. The molecule has 0 aromatic heterocycles. The van der Waals surface area contributed by atoms with Crippen LogP contribution >= 0.6 is 0 Å².